The minimum absolute atomic E-state index is 0.0150. The van der Waals surface area contributed by atoms with Crippen LogP contribution < -0.4 is 4.80 Å². The zero-order valence-corrected chi connectivity index (χ0v) is 14.6. The van der Waals surface area contributed by atoms with Gasteiger partial charge in [0.1, 0.15) is 6.54 Å². The number of thiazole rings is 1. The van der Waals surface area contributed by atoms with Gasteiger partial charge >= 0.3 is 5.97 Å². The average Bonchev–Trinajstić information content (AvgIpc) is 3.05. The van der Waals surface area contributed by atoms with Crippen molar-refractivity contribution in [3.05, 3.63) is 69.8 Å². The van der Waals surface area contributed by atoms with E-state index in [9.17, 15) is 4.79 Å². The van der Waals surface area contributed by atoms with Crippen molar-refractivity contribution in [1.82, 2.24) is 4.57 Å². The van der Waals surface area contributed by atoms with Gasteiger partial charge in [0.25, 0.3) is 0 Å². The third kappa shape index (κ3) is 3.58. The molecule has 0 aliphatic rings. The molecule has 0 aliphatic heterocycles. The van der Waals surface area contributed by atoms with Crippen molar-refractivity contribution >= 4 is 28.9 Å². The molecule has 0 fully saturated rings. The first-order valence-corrected chi connectivity index (χ1v) is 8.54. The smallest absolute Gasteiger partial charge is 0.327 e. The predicted octanol–water partition coefficient (Wildman–Crippen LogP) is 3.93. The first-order chi connectivity index (χ1) is 11.7. The largest absolute Gasteiger partial charge is 0.468 e. The van der Waals surface area contributed by atoms with Gasteiger partial charge in [-0.25, -0.2) is 4.99 Å². The van der Waals surface area contributed by atoms with E-state index in [1.807, 2.05) is 64.5 Å². The summed E-state index contributed by atoms with van der Waals surface area (Å²) in [5.74, 6) is -0.368. The molecule has 1 heterocycles. The number of rotatable bonds is 4. The fraction of sp³-hybridized carbons (Fsp3) is 0.111. The lowest BCUT2D eigenvalue weighted by Crippen LogP contribution is -2.17. The van der Waals surface area contributed by atoms with Gasteiger partial charge in [-0.1, -0.05) is 41.9 Å². The maximum Gasteiger partial charge on any atom is 0.327 e. The van der Waals surface area contributed by atoms with E-state index < -0.39 is 0 Å². The Hall–Kier alpha value is -2.37. The van der Waals surface area contributed by atoms with E-state index in [0.717, 1.165) is 21.7 Å². The van der Waals surface area contributed by atoms with Gasteiger partial charge < -0.3 is 4.74 Å². The second-order valence-electron chi connectivity index (χ2n) is 4.97. The molecule has 24 heavy (non-hydrogen) atoms. The third-order valence-electron chi connectivity index (χ3n) is 3.43. The Labute approximate surface area is 148 Å². The van der Waals surface area contributed by atoms with E-state index in [2.05, 4.69) is 9.73 Å². The Morgan fingerprint density at radius 1 is 1.17 bits per heavy atom. The molecule has 0 N–H and O–H groups in total. The van der Waals surface area contributed by atoms with Crippen molar-refractivity contribution in [3.63, 3.8) is 0 Å². The molecule has 3 aromatic rings. The number of ether oxygens (including phenoxy) is 1. The first-order valence-electron chi connectivity index (χ1n) is 7.28. The lowest BCUT2D eigenvalue weighted by Gasteiger charge is -2.09. The van der Waals surface area contributed by atoms with Gasteiger partial charge in [0.05, 0.1) is 12.8 Å². The zero-order chi connectivity index (χ0) is 16.9. The van der Waals surface area contributed by atoms with E-state index in [-0.39, 0.29) is 12.5 Å². The Bertz CT molecular complexity index is 899. The molecule has 2 aromatic carbocycles. The molecule has 0 aliphatic carbocycles. The van der Waals surface area contributed by atoms with E-state index in [1.54, 1.807) is 0 Å². The maximum atomic E-state index is 11.4. The summed E-state index contributed by atoms with van der Waals surface area (Å²) < 4.78 is 6.68. The second kappa shape index (κ2) is 7.47. The average molecular weight is 359 g/mol. The first kappa shape index (κ1) is 16.5. The van der Waals surface area contributed by atoms with Gasteiger partial charge in [0.15, 0.2) is 4.80 Å². The molecule has 0 amide bonds. The number of hydrogen-bond donors (Lipinski definition) is 0. The van der Waals surface area contributed by atoms with E-state index >= 15 is 0 Å². The molecule has 0 saturated carbocycles. The Balaban J connectivity index is 2.16. The highest BCUT2D eigenvalue weighted by molar-refractivity contribution is 7.07. The fourth-order valence-electron chi connectivity index (χ4n) is 2.27. The van der Waals surface area contributed by atoms with Crippen LogP contribution in [0.5, 0.6) is 0 Å². The summed E-state index contributed by atoms with van der Waals surface area (Å²) in [7, 11) is 1.36. The highest BCUT2D eigenvalue weighted by atomic mass is 35.5. The number of aromatic nitrogens is 1. The molecule has 122 valence electrons. The highest BCUT2D eigenvalue weighted by Gasteiger charge is 2.10. The number of hydrogen-bond acceptors (Lipinski definition) is 4. The predicted molar refractivity (Wildman–Crippen MR) is 96.5 cm³/mol. The van der Waals surface area contributed by atoms with Gasteiger partial charge in [0, 0.05) is 16.1 Å². The van der Waals surface area contributed by atoms with Crippen molar-refractivity contribution in [3.8, 4) is 16.9 Å². The number of methoxy groups -OCH3 is 1. The summed E-state index contributed by atoms with van der Waals surface area (Å²) in [5.41, 5.74) is 3.01. The normalized spacial score (nSPS) is 11.5. The number of esters is 1. The van der Waals surface area contributed by atoms with Crippen LogP contribution in [0.25, 0.3) is 16.9 Å². The van der Waals surface area contributed by atoms with Gasteiger partial charge in [-0.05, 0) is 29.8 Å². The lowest BCUT2D eigenvalue weighted by molar-refractivity contribution is -0.138. The van der Waals surface area contributed by atoms with E-state index in [0.29, 0.717) is 5.02 Å². The van der Waals surface area contributed by atoms with Crippen LogP contribution in [0.2, 0.25) is 5.02 Å². The Morgan fingerprint density at radius 3 is 2.54 bits per heavy atom. The van der Waals surface area contributed by atoms with Gasteiger partial charge in [-0.15, -0.1) is 11.3 Å². The standard InChI is InChI=1S/C18H15ClN2O2S/c1-23-17(22)11-20-18-21(15-9-7-14(19)8-10-15)16(12-24-18)13-5-3-2-4-6-13/h2-10,12H,11H2,1H3. The van der Waals surface area contributed by atoms with Crippen LogP contribution in [0.4, 0.5) is 0 Å². The Morgan fingerprint density at radius 2 is 1.88 bits per heavy atom. The molecule has 0 radical (unpaired) electrons. The van der Waals surface area contributed by atoms with Crippen molar-refractivity contribution in [2.45, 2.75) is 0 Å². The number of benzene rings is 2. The molecule has 3 rings (SSSR count). The topological polar surface area (TPSA) is 43.6 Å². The van der Waals surface area contributed by atoms with Gasteiger partial charge in [-0.3, -0.25) is 9.36 Å². The van der Waals surface area contributed by atoms with E-state index in [4.69, 9.17) is 11.6 Å². The van der Waals surface area contributed by atoms with Crippen LogP contribution in [0.15, 0.2) is 65.0 Å². The van der Waals surface area contributed by atoms with Crippen molar-refractivity contribution in [1.29, 1.82) is 0 Å². The van der Waals surface area contributed by atoms with Crippen molar-refractivity contribution in [2.24, 2.45) is 4.99 Å². The molecule has 0 atom stereocenters. The van der Waals surface area contributed by atoms with Crippen LogP contribution >= 0.6 is 22.9 Å². The maximum absolute atomic E-state index is 11.4. The molecule has 4 nitrogen and oxygen atoms in total. The fourth-order valence-corrected chi connectivity index (χ4v) is 3.30. The summed E-state index contributed by atoms with van der Waals surface area (Å²) >= 11 is 7.48. The number of halogens is 1. The minimum Gasteiger partial charge on any atom is -0.468 e. The molecule has 6 heteroatoms. The molecule has 0 spiro atoms. The van der Waals surface area contributed by atoms with E-state index in [1.165, 1.54) is 18.4 Å². The second-order valence-corrected chi connectivity index (χ2v) is 6.25. The summed E-state index contributed by atoms with van der Waals surface area (Å²) in [6.07, 6.45) is 0. The van der Waals surface area contributed by atoms with Crippen LogP contribution in [-0.4, -0.2) is 24.2 Å². The highest BCUT2D eigenvalue weighted by Crippen LogP contribution is 2.24. The van der Waals surface area contributed by atoms with Crippen LogP contribution in [0, 0.1) is 0 Å². The number of carbonyl (C=O) groups excluding carboxylic acids is 1. The third-order valence-corrected chi connectivity index (χ3v) is 4.55. The lowest BCUT2D eigenvalue weighted by atomic mass is 10.1. The SMILES string of the molecule is COC(=O)CN=c1scc(-c2ccccc2)n1-c1ccc(Cl)cc1. The molecule has 0 saturated heterocycles. The summed E-state index contributed by atoms with van der Waals surface area (Å²) in [6, 6.07) is 17.6. The van der Waals surface area contributed by atoms with Crippen molar-refractivity contribution < 1.29 is 9.53 Å². The molecular weight excluding hydrogens is 344 g/mol. The number of carbonyl (C=O) groups is 1. The summed E-state index contributed by atoms with van der Waals surface area (Å²) in [4.78, 5) is 16.5. The molecule has 0 bridgehead atoms. The minimum atomic E-state index is -0.368. The summed E-state index contributed by atoms with van der Waals surface area (Å²) in [6.45, 7) is -0.0150. The van der Waals surface area contributed by atoms with Gasteiger partial charge in [0.2, 0.25) is 0 Å². The Kier molecular flexibility index (Phi) is 5.13. The van der Waals surface area contributed by atoms with Crippen LogP contribution in [-0.2, 0) is 9.53 Å². The zero-order valence-electron chi connectivity index (χ0n) is 13.0. The molecular formula is C18H15ClN2O2S. The summed E-state index contributed by atoms with van der Waals surface area (Å²) in [5, 5.41) is 2.70. The molecule has 0 unspecified atom stereocenters. The monoisotopic (exact) mass is 358 g/mol. The quantitative estimate of drug-likeness (QED) is 0.663. The number of nitrogens with zero attached hydrogens (tertiary/aromatic N) is 2. The van der Waals surface area contributed by atoms with Crippen LogP contribution in [0.1, 0.15) is 0 Å². The van der Waals surface area contributed by atoms with Crippen LogP contribution in [0.3, 0.4) is 0 Å². The van der Waals surface area contributed by atoms with Crippen molar-refractivity contribution in [2.75, 3.05) is 13.7 Å². The molecule has 1 aromatic heterocycles. The van der Waals surface area contributed by atoms with Gasteiger partial charge in [-0.2, -0.15) is 0 Å².